The zero-order chi connectivity index (χ0) is 11.7. The van der Waals surface area contributed by atoms with Crippen LogP contribution in [0.5, 0.6) is 0 Å². The number of alkyl halides is 1. The Morgan fingerprint density at radius 3 is 2.75 bits per heavy atom. The van der Waals surface area contributed by atoms with Crippen molar-refractivity contribution in [2.24, 2.45) is 5.92 Å². The zero-order valence-corrected chi connectivity index (χ0v) is 12.0. The summed E-state index contributed by atoms with van der Waals surface area (Å²) < 4.78 is 0. The quantitative estimate of drug-likeness (QED) is 0.489. The number of benzene rings is 1. The van der Waals surface area contributed by atoms with Crippen LogP contribution in [0.3, 0.4) is 0 Å². The van der Waals surface area contributed by atoms with E-state index in [9.17, 15) is 0 Å². The second kappa shape index (κ2) is 4.91. The summed E-state index contributed by atoms with van der Waals surface area (Å²) in [7, 11) is 0. The fourth-order valence-electron chi connectivity index (χ4n) is 2.49. The van der Waals surface area contributed by atoms with Crippen LogP contribution in [0.2, 0.25) is 0 Å². The van der Waals surface area contributed by atoms with Crippen molar-refractivity contribution in [3.63, 3.8) is 0 Å². The number of hydrogen-bond acceptors (Lipinski definition) is 0. The van der Waals surface area contributed by atoms with Crippen LogP contribution in [0.15, 0.2) is 18.2 Å². The average Bonchev–Trinajstić information content (AvgIpc) is 2.38. The summed E-state index contributed by atoms with van der Waals surface area (Å²) >= 11 is 3.86. The topological polar surface area (TPSA) is 0 Å². The van der Waals surface area contributed by atoms with E-state index in [1.54, 1.807) is 5.56 Å². The van der Waals surface area contributed by atoms with Gasteiger partial charge in [0.05, 0.1) is 0 Å². The van der Waals surface area contributed by atoms with Crippen LogP contribution in [0.1, 0.15) is 61.0 Å². The molecule has 2 unspecified atom stereocenters. The summed E-state index contributed by atoms with van der Waals surface area (Å²) in [4.78, 5) is 0.554. The number of aryl methyl sites for hydroxylation is 1. The Morgan fingerprint density at radius 1 is 1.31 bits per heavy atom. The van der Waals surface area contributed by atoms with Crippen LogP contribution < -0.4 is 0 Å². The summed E-state index contributed by atoms with van der Waals surface area (Å²) in [6, 6.07) is 7.06. The van der Waals surface area contributed by atoms with Crippen LogP contribution >= 0.6 is 15.9 Å². The van der Waals surface area contributed by atoms with Gasteiger partial charge in [-0.2, -0.15) is 0 Å². The maximum Gasteiger partial charge on any atom is 0.0400 e. The molecule has 1 heteroatoms. The maximum absolute atomic E-state index is 3.86. The Bertz CT molecular complexity index is 368. The Kier molecular flexibility index (Phi) is 3.73. The first-order valence-corrected chi connectivity index (χ1v) is 7.26. The summed E-state index contributed by atoms with van der Waals surface area (Å²) in [5, 5.41) is 0. The van der Waals surface area contributed by atoms with Crippen LogP contribution in [0, 0.1) is 5.92 Å². The molecule has 1 aromatic carbocycles. The van der Waals surface area contributed by atoms with Gasteiger partial charge in [0.25, 0.3) is 0 Å². The highest BCUT2D eigenvalue weighted by Gasteiger charge is 2.20. The zero-order valence-electron chi connectivity index (χ0n) is 10.5. The molecule has 0 aliphatic heterocycles. The minimum absolute atomic E-state index is 0.554. The molecule has 0 bridgehead atoms. The smallest absolute Gasteiger partial charge is 0.0400 e. The minimum Gasteiger partial charge on any atom is -0.0839 e. The Morgan fingerprint density at radius 2 is 2.06 bits per heavy atom. The first-order chi connectivity index (χ1) is 7.58. The van der Waals surface area contributed by atoms with Crippen LogP contribution in [-0.4, -0.2) is 0 Å². The van der Waals surface area contributed by atoms with Gasteiger partial charge in [0.1, 0.15) is 0 Å². The predicted octanol–water partition coefficient (Wildman–Crippen LogP) is 5.22. The standard InChI is InChI=1S/C15H21Br/c1-10(2)13-7-6-12-5-4-11(3)8-15(16)14(12)9-13/h6-7,9-11,15H,4-5,8H2,1-3H3. The van der Waals surface area contributed by atoms with E-state index in [2.05, 4.69) is 54.9 Å². The lowest BCUT2D eigenvalue weighted by Gasteiger charge is -2.15. The van der Waals surface area contributed by atoms with Gasteiger partial charge in [0.2, 0.25) is 0 Å². The number of rotatable bonds is 1. The highest BCUT2D eigenvalue weighted by atomic mass is 79.9. The third-order valence-corrected chi connectivity index (χ3v) is 4.56. The molecule has 0 fully saturated rings. The van der Waals surface area contributed by atoms with E-state index in [0.29, 0.717) is 10.7 Å². The van der Waals surface area contributed by atoms with Gasteiger partial charge in [-0.1, -0.05) is 54.9 Å². The molecule has 88 valence electrons. The lowest BCUT2D eigenvalue weighted by molar-refractivity contribution is 0.508. The van der Waals surface area contributed by atoms with E-state index in [4.69, 9.17) is 0 Å². The Labute approximate surface area is 108 Å². The normalized spacial score (nSPS) is 25.3. The van der Waals surface area contributed by atoms with Gasteiger partial charge in [-0.05, 0) is 47.8 Å². The van der Waals surface area contributed by atoms with E-state index in [-0.39, 0.29) is 0 Å². The van der Waals surface area contributed by atoms with Gasteiger partial charge in [-0.3, -0.25) is 0 Å². The van der Waals surface area contributed by atoms with Gasteiger partial charge < -0.3 is 0 Å². The second-order valence-corrected chi connectivity index (χ2v) is 6.57. The van der Waals surface area contributed by atoms with Gasteiger partial charge in [-0.25, -0.2) is 0 Å². The fourth-order valence-corrected chi connectivity index (χ4v) is 3.56. The molecule has 0 nitrogen and oxygen atoms in total. The van der Waals surface area contributed by atoms with E-state index in [1.165, 1.54) is 30.4 Å². The van der Waals surface area contributed by atoms with E-state index in [1.807, 2.05) is 0 Å². The van der Waals surface area contributed by atoms with Crippen molar-refractivity contribution in [1.29, 1.82) is 0 Å². The number of halogens is 1. The SMILES string of the molecule is CC1CCc2ccc(C(C)C)cc2C(Br)C1. The molecule has 0 N–H and O–H groups in total. The second-order valence-electron chi connectivity index (χ2n) is 5.46. The molecule has 1 aliphatic carbocycles. The van der Waals surface area contributed by atoms with E-state index < -0.39 is 0 Å². The molecule has 0 aromatic heterocycles. The maximum atomic E-state index is 3.86. The molecule has 1 aromatic rings. The molecule has 0 spiro atoms. The molecular weight excluding hydrogens is 260 g/mol. The number of fused-ring (bicyclic) bond motifs is 1. The average molecular weight is 281 g/mol. The van der Waals surface area contributed by atoms with Gasteiger partial charge in [-0.15, -0.1) is 0 Å². The van der Waals surface area contributed by atoms with Crippen molar-refractivity contribution in [3.05, 3.63) is 34.9 Å². The van der Waals surface area contributed by atoms with Gasteiger partial charge >= 0.3 is 0 Å². The number of hydrogen-bond donors (Lipinski definition) is 0. The third-order valence-electron chi connectivity index (χ3n) is 3.69. The van der Waals surface area contributed by atoms with E-state index in [0.717, 1.165) is 5.92 Å². The monoisotopic (exact) mass is 280 g/mol. The Balaban J connectivity index is 2.37. The van der Waals surface area contributed by atoms with Gasteiger partial charge in [0, 0.05) is 4.83 Å². The predicted molar refractivity (Wildman–Crippen MR) is 74.3 cm³/mol. The van der Waals surface area contributed by atoms with Crippen molar-refractivity contribution in [2.75, 3.05) is 0 Å². The minimum atomic E-state index is 0.554. The molecule has 1 aliphatic rings. The highest BCUT2D eigenvalue weighted by Crippen LogP contribution is 2.38. The fraction of sp³-hybridized carbons (Fsp3) is 0.600. The first kappa shape index (κ1) is 12.2. The van der Waals surface area contributed by atoms with E-state index >= 15 is 0 Å². The molecule has 0 heterocycles. The van der Waals surface area contributed by atoms with Crippen LogP contribution in [0.4, 0.5) is 0 Å². The molecule has 16 heavy (non-hydrogen) atoms. The lowest BCUT2D eigenvalue weighted by Crippen LogP contribution is -1.97. The summed E-state index contributed by atoms with van der Waals surface area (Å²) in [6.07, 6.45) is 3.85. The Hall–Kier alpha value is -0.300. The van der Waals surface area contributed by atoms with Crippen molar-refractivity contribution < 1.29 is 0 Å². The first-order valence-electron chi connectivity index (χ1n) is 6.34. The van der Waals surface area contributed by atoms with Crippen LogP contribution in [0.25, 0.3) is 0 Å². The molecule has 2 rings (SSSR count). The van der Waals surface area contributed by atoms with Gasteiger partial charge in [0.15, 0.2) is 0 Å². The van der Waals surface area contributed by atoms with Crippen molar-refractivity contribution >= 4 is 15.9 Å². The van der Waals surface area contributed by atoms with Crippen LogP contribution in [-0.2, 0) is 6.42 Å². The molecular formula is C15H21Br. The van der Waals surface area contributed by atoms with Crippen molar-refractivity contribution in [2.45, 2.75) is 50.8 Å². The molecule has 0 radical (unpaired) electrons. The largest absolute Gasteiger partial charge is 0.0839 e. The summed E-state index contributed by atoms with van der Waals surface area (Å²) in [5.41, 5.74) is 4.56. The summed E-state index contributed by atoms with van der Waals surface area (Å²) in [6.45, 7) is 6.90. The molecule has 0 saturated heterocycles. The third kappa shape index (κ3) is 2.51. The molecule has 0 amide bonds. The molecule has 0 saturated carbocycles. The highest BCUT2D eigenvalue weighted by molar-refractivity contribution is 9.09. The summed E-state index contributed by atoms with van der Waals surface area (Å²) in [5.74, 6) is 1.46. The van der Waals surface area contributed by atoms with Crippen molar-refractivity contribution in [1.82, 2.24) is 0 Å². The lowest BCUT2D eigenvalue weighted by atomic mass is 9.95. The van der Waals surface area contributed by atoms with Crippen molar-refractivity contribution in [3.8, 4) is 0 Å². The molecule has 2 atom stereocenters.